The van der Waals surface area contributed by atoms with Crippen molar-refractivity contribution in [1.29, 1.82) is 0 Å². The van der Waals surface area contributed by atoms with Crippen molar-refractivity contribution in [2.45, 2.75) is 0 Å². The van der Waals surface area contributed by atoms with E-state index in [-0.39, 0.29) is 5.82 Å². The van der Waals surface area contributed by atoms with Gasteiger partial charge in [0.2, 0.25) is 0 Å². The Hall–Kier alpha value is -1.09. The zero-order chi connectivity index (χ0) is 9.42. The lowest BCUT2D eigenvalue weighted by molar-refractivity contribution is 0.629. The summed E-state index contributed by atoms with van der Waals surface area (Å²) in [5, 5.41) is 1.68. The number of hydrogen-bond acceptors (Lipinski definition) is 1. The van der Waals surface area contributed by atoms with Gasteiger partial charge < -0.3 is 5.73 Å². The van der Waals surface area contributed by atoms with Crippen LogP contribution in [0.3, 0.4) is 0 Å². The van der Waals surface area contributed by atoms with E-state index in [4.69, 9.17) is 5.73 Å². The summed E-state index contributed by atoms with van der Waals surface area (Å²) < 4.78 is 13.7. The predicted octanol–water partition coefficient (Wildman–Crippen LogP) is 3.32. The van der Waals surface area contributed by atoms with E-state index >= 15 is 0 Å². The van der Waals surface area contributed by atoms with Crippen LogP contribution in [-0.4, -0.2) is 0 Å². The van der Waals surface area contributed by atoms with Gasteiger partial charge in [-0.15, -0.1) is 0 Å². The Morgan fingerprint density at radius 1 is 1.08 bits per heavy atom. The van der Waals surface area contributed by atoms with Crippen molar-refractivity contribution in [2.75, 3.05) is 5.73 Å². The molecule has 0 bridgehead atoms. The fraction of sp³-hybridized carbons (Fsp3) is 0. The fourth-order valence-electron chi connectivity index (χ4n) is 1.31. The van der Waals surface area contributed by atoms with Gasteiger partial charge in [-0.1, -0.05) is 15.9 Å². The number of hydrogen-bond donors (Lipinski definition) is 1. The highest BCUT2D eigenvalue weighted by Gasteiger charge is 2.02. The topological polar surface area (TPSA) is 26.0 Å². The lowest BCUT2D eigenvalue weighted by atomic mass is 10.1. The van der Waals surface area contributed by atoms with Crippen molar-refractivity contribution >= 4 is 32.4 Å². The first-order chi connectivity index (χ1) is 6.18. The summed E-state index contributed by atoms with van der Waals surface area (Å²) in [6.45, 7) is 0. The van der Waals surface area contributed by atoms with Gasteiger partial charge in [-0.2, -0.15) is 0 Å². The quantitative estimate of drug-likeness (QED) is 0.702. The van der Waals surface area contributed by atoms with Gasteiger partial charge in [0.25, 0.3) is 0 Å². The van der Waals surface area contributed by atoms with Gasteiger partial charge in [0, 0.05) is 20.9 Å². The van der Waals surface area contributed by atoms with Gasteiger partial charge in [-0.25, -0.2) is 4.39 Å². The number of rotatable bonds is 0. The van der Waals surface area contributed by atoms with Crippen molar-refractivity contribution in [1.82, 2.24) is 0 Å². The molecule has 0 unspecified atom stereocenters. The van der Waals surface area contributed by atoms with Crippen LogP contribution in [0, 0.1) is 5.82 Å². The van der Waals surface area contributed by atoms with Crippen LogP contribution in [0.2, 0.25) is 0 Å². The fourth-order valence-corrected chi connectivity index (χ4v) is 1.77. The smallest absolute Gasteiger partial charge is 0.123 e. The molecule has 0 aliphatic rings. The van der Waals surface area contributed by atoms with E-state index in [0.29, 0.717) is 5.69 Å². The Morgan fingerprint density at radius 2 is 1.85 bits per heavy atom. The molecule has 0 heterocycles. The highest BCUT2D eigenvalue weighted by molar-refractivity contribution is 9.10. The molecule has 66 valence electrons. The van der Waals surface area contributed by atoms with E-state index in [1.54, 1.807) is 12.1 Å². The summed E-state index contributed by atoms with van der Waals surface area (Å²) in [7, 11) is 0. The molecule has 1 nitrogen and oxygen atoms in total. The minimum absolute atomic E-state index is 0.251. The minimum atomic E-state index is -0.251. The third-order valence-corrected chi connectivity index (χ3v) is 2.65. The van der Waals surface area contributed by atoms with Crippen LogP contribution in [0.5, 0.6) is 0 Å². The molecule has 2 aromatic rings. The monoisotopic (exact) mass is 239 g/mol. The van der Waals surface area contributed by atoms with Crippen LogP contribution < -0.4 is 5.73 Å². The Balaban J connectivity index is 2.92. The van der Waals surface area contributed by atoms with E-state index in [2.05, 4.69) is 15.9 Å². The third kappa shape index (κ3) is 1.40. The molecule has 0 saturated carbocycles. The Morgan fingerprint density at radius 3 is 2.62 bits per heavy atom. The van der Waals surface area contributed by atoms with Gasteiger partial charge in [-0.3, -0.25) is 0 Å². The van der Waals surface area contributed by atoms with Crippen LogP contribution in [0.1, 0.15) is 0 Å². The van der Waals surface area contributed by atoms with E-state index < -0.39 is 0 Å². The summed E-state index contributed by atoms with van der Waals surface area (Å²) in [6, 6.07) is 8.17. The van der Waals surface area contributed by atoms with Gasteiger partial charge in [0.1, 0.15) is 5.82 Å². The maximum absolute atomic E-state index is 12.9. The molecule has 0 spiro atoms. The second kappa shape index (κ2) is 3.00. The molecule has 0 amide bonds. The number of nitrogens with two attached hydrogens (primary N) is 1. The van der Waals surface area contributed by atoms with Crippen LogP contribution in [0.25, 0.3) is 10.8 Å². The summed E-state index contributed by atoms with van der Waals surface area (Å²) in [6.07, 6.45) is 0. The highest BCUT2D eigenvalue weighted by atomic mass is 79.9. The zero-order valence-electron chi connectivity index (χ0n) is 6.72. The van der Waals surface area contributed by atoms with Crippen molar-refractivity contribution in [2.24, 2.45) is 0 Å². The molecular formula is C10H7BrFN. The average molecular weight is 240 g/mol. The molecule has 2 rings (SSSR count). The van der Waals surface area contributed by atoms with Crippen LogP contribution in [0.15, 0.2) is 34.8 Å². The standard InChI is InChI=1S/C10H7BrFN/c11-9-3-4-10(13)7-2-1-6(12)5-8(7)9/h1-5H,13H2. The second-order valence-electron chi connectivity index (χ2n) is 2.83. The summed E-state index contributed by atoms with van der Waals surface area (Å²) in [4.78, 5) is 0. The lowest BCUT2D eigenvalue weighted by Crippen LogP contribution is -1.87. The maximum atomic E-state index is 12.9. The number of halogens is 2. The molecule has 0 radical (unpaired) electrons. The molecule has 0 atom stereocenters. The first kappa shape index (κ1) is 8.51. The van der Waals surface area contributed by atoms with Gasteiger partial charge in [0.15, 0.2) is 0 Å². The molecule has 0 aliphatic carbocycles. The van der Waals surface area contributed by atoms with Gasteiger partial charge in [-0.05, 0) is 30.3 Å². The molecular weight excluding hydrogens is 233 g/mol. The first-order valence-corrected chi connectivity index (χ1v) is 4.61. The first-order valence-electron chi connectivity index (χ1n) is 3.82. The molecule has 2 N–H and O–H groups in total. The van der Waals surface area contributed by atoms with E-state index in [1.165, 1.54) is 12.1 Å². The van der Waals surface area contributed by atoms with E-state index in [0.717, 1.165) is 15.2 Å². The second-order valence-corrected chi connectivity index (χ2v) is 3.68. The molecule has 0 fully saturated rings. The third-order valence-electron chi connectivity index (χ3n) is 1.96. The highest BCUT2D eigenvalue weighted by Crippen LogP contribution is 2.28. The zero-order valence-corrected chi connectivity index (χ0v) is 8.31. The summed E-state index contributed by atoms with van der Waals surface area (Å²) in [5.74, 6) is -0.251. The van der Waals surface area contributed by atoms with Crippen LogP contribution >= 0.6 is 15.9 Å². The van der Waals surface area contributed by atoms with Crippen LogP contribution in [0.4, 0.5) is 10.1 Å². The lowest BCUT2D eigenvalue weighted by Gasteiger charge is -2.03. The summed E-state index contributed by atoms with van der Waals surface area (Å²) in [5.41, 5.74) is 6.40. The number of nitrogen functional groups attached to an aromatic ring is 1. The van der Waals surface area contributed by atoms with Crippen LogP contribution in [-0.2, 0) is 0 Å². The van der Waals surface area contributed by atoms with E-state index in [9.17, 15) is 4.39 Å². The maximum Gasteiger partial charge on any atom is 0.123 e. The van der Waals surface area contributed by atoms with Crippen molar-refractivity contribution in [3.05, 3.63) is 40.6 Å². The Bertz CT molecular complexity index is 468. The average Bonchev–Trinajstić information content (AvgIpc) is 2.12. The molecule has 2 aromatic carbocycles. The molecule has 0 aliphatic heterocycles. The van der Waals surface area contributed by atoms with Gasteiger partial charge in [0.05, 0.1) is 0 Å². The molecule has 13 heavy (non-hydrogen) atoms. The Kier molecular flexibility index (Phi) is 1.96. The van der Waals surface area contributed by atoms with E-state index in [1.807, 2.05) is 6.07 Å². The Labute approximate surface area is 83.5 Å². The number of benzene rings is 2. The largest absolute Gasteiger partial charge is 0.398 e. The van der Waals surface area contributed by atoms with Crippen molar-refractivity contribution < 1.29 is 4.39 Å². The van der Waals surface area contributed by atoms with Crippen molar-refractivity contribution in [3.63, 3.8) is 0 Å². The minimum Gasteiger partial charge on any atom is -0.398 e. The molecule has 0 saturated heterocycles. The SMILES string of the molecule is Nc1ccc(Br)c2cc(F)ccc12. The van der Waals surface area contributed by atoms with Crippen molar-refractivity contribution in [3.8, 4) is 0 Å². The molecule has 3 heteroatoms. The number of anilines is 1. The van der Waals surface area contributed by atoms with Gasteiger partial charge >= 0.3 is 0 Å². The summed E-state index contributed by atoms with van der Waals surface area (Å²) >= 11 is 3.34. The predicted molar refractivity (Wildman–Crippen MR) is 56.0 cm³/mol. The normalized spacial score (nSPS) is 10.6. The number of fused-ring (bicyclic) bond motifs is 1. The molecule has 0 aromatic heterocycles.